The van der Waals surface area contributed by atoms with Gasteiger partial charge in [-0.3, -0.25) is 4.79 Å². The lowest BCUT2D eigenvalue weighted by molar-refractivity contribution is 0.0950. The van der Waals surface area contributed by atoms with Gasteiger partial charge in [-0.25, -0.2) is 17.5 Å². The molecule has 3 rings (SSSR count). The van der Waals surface area contributed by atoms with Crippen molar-refractivity contribution in [3.63, 3.8) is 0 Å². The highest BCUT2D eigenvalue weighted by Gasteiger charge is 2.14. The van der Waals surface area contributed by atoms with E-state index in [1.807, 2.05) is 24.3 Å². The summed E-state index contributed by atoms with van der Waals surface area (Å²) < 4.78 is 45.2. The molecule has 0 saturated heterocycles. The summed E-state index contributed by atoms with van der Waals surface area (Å²) in [5, 5.41) is 2.83. The van der Waals surface area contributed by atoms with E-state index < -0.39 is 15.8 Å². The van der Waals surface area contributed by atoms with Crippen LogP contribution in [-0.4, -0.2) is 21.4 Å². The first kappa shape index (κ1) is 21.5. The van der Waals surface area contributed by atoms with Crippen LogP contribution in [0, 0.1) is 5.82 Å². The summed E-state index contributed by atoms with van der Waals surface area (Å²) in [6.07, 6.45) is 0. The number of benzene rings is 3. The number of para-hydroxylation sites is 1. The number of amides is 1. The molecule has 0 fully saturated rings. The standard InChI is InChI=1S/C22H21FN2O4S/c1-29-21-5-3-2-4-18(21)15-24-22(26)17-8-6-16(7-9-17)14-25-30(27,28)20-12-10-19(23)11-13-20/h2-13,25H,14-15H2,1H3,(H,24,26). The van der Waals surface area contributed by atoms with Crippen molar-refractivity contribution in [3.8, 4) is 5.75 Å². The molecule has 3 aromatic rings. The second kappa shape index (κ2) is 9.51. The van der Waals surface area contributed by atoms with Gasteiger partial charge < -0.3 is 10.1 Å². The zero-order chi connectivity index (χ0) is 21.6. The lowest BCUT2D eigenvalue weighted by Crippen LogP contribution is -2.24. The number of hydrogen-bond donors (Lipinski definition) is 2. The van der Waals surface area contributed by atoms with Crippen molar-refractivity contribution in [1.29, 1.82) is 0 Å². The van der Waals surface area contributed by atoms with E-state index in [2.05, 4.69) is 10.0 Å². The smallest absolute Gasteiger partial charge is 0.251 e. The Labute approximate surface area is 174 Å². The zero-order valence-electron chi connectivity index (χ0n) is 16.3. The molecule has 1 amide bonds. The van der Waals surface area contributed by atoms with E-state index in [1.165, 1.54) is 12.1 Å². The quantitative estimate of drug-likeness (QED) is 0.577. The molecule has 6 nitrogen and oxygen atoms in total. The highest BCUT2D eigenvalue weighted by atomic mass is 32.2. The van der Waals surface area contributed by atoms with Gasteiger partial charge in [-0.15, -0.1) is 0 Å². The van der Waals surface area contributed by atoms with Crippen LogP contribution in [0.1, 0.15) is 21.5 Å². The number of ether oxygens (including phenoxy) is 1. The van der Waals surface area contributed by atoms with E-state index in [9.17, 15) is 17.6 Å². The van der Waals surface area contributed by atoms with Gasteiger partial charge in [0.1, 0.15) is 11.6 Å². The molecule has 0 heterocycles. The molecule has 3 aromatic carbocycles. The van der Waals surface area contributed by atoms with E-state index in [0.717, 1.165) is 17.7 Å². The molecule has 156 valence electrons. The van der Waals surface area contributed by atoms with Crippen LogP contribution in [0.25, 0.3) is 0 Å². The maximum Gasteiger partial charge on any atom is 0.251 e. The molecule has 0 bridgehead atoms. The minimum atomic E-state index is -3.76. The Hall–Kier alpha value is -3.23. The largest absolute Gasteiger partial charge is 0.496 e. The second-order valence-corrected chi connectivity index (χ2v) is 8.24. The second-order valence-electron chi connectivity index (χ2n) is 6.47. The molecule has 30 heavy (non-hydrogen) atoms. The Morgan fingerprint density at radius 1 is 0.933 bits per heavy atom. The van der Waals surface area contributed by atoms with E-state index in [1.54, 1.807) is 31.4 Å². The average Bonchev–Trinajstić information content (AvgIpc) is 2.77. The van der Waals surface area contributed by atoms with Crippen molar-refractivity contribution in [1.82, 2.24) is 10.0 Å². The fraction of sp³-hybridized carbons (Fsp3) is 0.136. The lowest BCUT2D eigenvalue weighted by Gasteiger charge is -2.10. The zero-order valence-corrected chi connectivity index (χ0v) is 17.1. The molecule has 0 atom stereocenters. The van der Waals surface area contributed by atoms with E-state index in [4.69, 9.17) is 4.74 Å². The Bertz CT molecular complexity index is 1110. The van der Waals surface area contributed by atoms with Crippen LogP contribution >= 0.6 is 0 Å². The van der Waals surface area contributed by atoms with Gasteiger partial charge in [0.05, 0.1) is 12.0 Å². The number of carbonyl (C=O) groups is 1. The summed E-state index contributed by atoms with van der Waals surface area (Å²) >= 11 is 0. The van der Waals surface area contributed by atoms with Crippen LogP contribution in [0.15, 0.2) is 77.7 Å². The highest BCUT2D eigenvalue weighted by Crippen LogP contribution is 2.17. The summed E-state index contributed by atoms with van der Waals surface area (Å²) in [6.45, 7) is 0.366. The Morgan fingerprint density at radius 3 is 2.27 bits per heavy atom. The van der Waals surface area contributed by atoms with E-state index >= 15 is 0 Å². The van der Waals surface area contributed by atoms with Gasteiger partial charge in [-0.05, 0) is 48.0 Å². The fourth-order valence-electron chi connectivity index (χ4n) is 2.78. The molecule has 0 aliphatic rings. The predicted octanol–water partition coefficient (Wildman–Crippen LogP) is 3.24. The summed E-state index contributed by atoms with van der Waals surface area (Å²) in [5.41, 5.74) is 2.00. The first-order chi connectivity index (χ1) is 14.4. The molecular formula is C22H21FN2O4S. The average molecular weight is 428 g/mol. The third-order valence-corrected chi connectivity index (χ3v) is 5.86. The Kier molecular flexibility index (Phi) is 6.81. The molecule has 0 aliphatic carbocycles. The van der Waals surface area contributed by atoms with Gasteiger partial charge in [-0.1, -0.05) is 30.3 Å². The number of hydrogen-bond acceptors (Lipinski definition) is 4. The maximum atomic E-state index is 13.0. The number of carbonyl (C=O) groups excluding carboxylic acids is 1. The SMILES string of the molecule is COc1ccccc1CNC(=O)c1ccc(CNS(=O)(=O)c2ccc(F)cc2)cc1. The summed E-state index contributed by atoms with van der Waals surface area (Å²) in [5.74, 6) is -0.0607. The van der Waals surface area contributed by atoms with Gasteiger partial charge in [0.25, 0.3) is 5.91 Å². The lowest BCUT2D eigenvalue weighted by atomic mass is 10.1. The van der Waals surface area contributed by atoms with Crippen molar-refractivity contribution >= 4 is 15.9 Å². The first-order valence-electron chi connectivity index (χ1n) is 9.13. The van der Waals surface area contributed by atoms with Crippen LogP contribution in [0.4, 0.5) is 4.39 Å². The molecule has 0 unspecified atom stereocenters. The fourth-order valence-corrected chi connectivity index (χ4v) is 3.79. The third kappa shape index (κ3) is 5.43. The molecule has 0 saturated carbocycles. The highest BCUT2D eigenvalue weighted by molar-refractivity contribution is 7.89. The molecule has 2 N–H and O–H groups in total. The van der Waals surface area contributed by atoms with Gasteiger partial charge >= 0.3 is 0 Å². The van der Waals surface area contributed by atoms with Gasteiger partial charge in [-0.2, -0.15) is 0 Å². The van der Waals surface area contributed by atoms with E-state index in [-0.39, 0.29) is 17.3 Å². The topological polar surface area (TPSA) is 84.5 Å². The molecule has 0 spiro atoms. The van der Waals surface area contributed by atoms with Gasteiger partial charge in [0.15, 0.2) is 0 Å². The first-order valence-corrected chi connectivity index (χ1v) is 10.6. The Morgan fingerprint density at radius 2 is 1.60 bits per heavy atom. The monoisotopic (exact) mass is 428 g/mol. The Balaban J connectivity index is 1.58. The van der Waals surface area contributed by atoms with Crippen LogP contribution in [0.2, 0.25) is 0 Å². The number of nitrogens with one attached hydrogen (secondary N) is 2. The number of rotatable bonds is 8. The minimum absolute atomic E-state index is 0.0174. The predicted molar refractivity (Wildman–Crippen MR) is 111 cm³/mol. The number of sulfonamides is 1. The molecule has 8 heteroatoms. The van der Waals surface area contributed by atoms with Crippen LogP contribution in [-0.2, 0) is 23.1 Å². The van der Waals surface area contributed by atoms with Crippen LogP contribution in [0.5, 0.6) is 5.75 Å². The van der Waals surface area contributed by atoms with Crippen molar-refractivity contribution < 1.29 is 22.3 Å². The normalized spacial score (nSPS) is 11.1. The van der Waals surface area contributed by atoms with Gasteiger partial charge in [0.2, 0.25) is 10.0 Å². The van der Waals surface area contributed by atoms with Crippen LogP contribution < -0.4 is 14.8 Å². The number of methoxy groups -OCH3 is 1. The van der Waals surface area contributed by atoms with Crippen molar-refractivity contribution in [2.45, 2.75) is 18.0 Å². The summed E-state index contributed by atoms with van der Waals surface area (Å²) in [4.78, 5) is 12.3. The summed E-state index contributed by atoms with van der Waals surface area (Å²) in [7, 11) is -2.18. The molecular weight excluding hydrogens is 407 g/mol. The molecule has 0 aliphatic heterocycles. The molecule has 0 aromatic heterocycles. The van der Waals surface area contributed by atoms with Crippen molar-refractivity contribution in [2.24, 2.45) is 0 Å². The summed E-state index contributed by atoms with van der Waals surface area (Å²) in [6, 6.07) is 18.6. The number of halogens is 1. The van der Waals surface area contributed by atoms with Gasteiger partial charge in [0, 0.05) is 24.2 Å². The minimum Gasteiger partial charge on any atom is -0.496 e. The third-order valence-electron chi connectivity index (χ3n) is 4.44. The maximum absolute atomic E-state index is 13.0. The van der Waals surface area contributed by atoms with Crippen molar-refractivity contribution in [3.05, 3.63) is 95.3 Å². The van der Waals surface area contributed by atoms with Crippen molar-refractivity contribution in [2.75, 3.05) is 7.11 Å². The van der Waals surface area contributed by atoms with E-state index in [0.29, 0.717) is 23.4 Å². The molecule has 0 radical (unpaired) electrons. The van der Waals surface area contributed by atoms with Crippen LogP contribution in [0.3, 0.4) is 0 Å².